The number of hydrogen-bond donors (Lipinski definition) is 4. The van der Waals surface area contributed by atoms with Gasteiger partial charge in [0.15, 0.2) is 0 Å². The third kappa shape index (κ3) is 7.73. The Labute approximate surface area is 219 Å². The number of hydrogen-bond acceptors (Lipinski definition) is 7. The van der Waals surface area contributed by atoms with Gasteiger partial charge in [-0.15, -0.1) is 0 Å². The third-order valence-corrected chi connectivity index (χ3v) is 6.00. The van der Waals surface area contributed by atoms with Crippen LogP contribution in [0, 0.1) is 11.3 Å². The monoisotopic (exact) mass is 513 g/mol. The first-order chi connectivity index (χ1) is 18.3. The topological polar surface area (TPSA) is 165 Å². The van der Waals surface area contributed by atoms with E-state index in [1.54, 1.807) is 30.7 Å². The molecule has 0 aliphatic heterocycles. The van der Waals surface area contributed by atoms with Gasteiger partial charge in [-0.05, 0) is 60.4 Å². The van der Waals surface area contributed by atoms with Gasteiger partial charge in [0.05, 0.1) is 17.0 Å². The molecule has 0 bridgehead atoms. The molecule has 0 unspecified atom stereocenters. The summed E-state index contributed by atoms with van der Waals surface area (Å²) >= 11 is 0. The second kappa shape index (κ2) is 13.3. The molecule has 4 rings (SSSR count). The van der Waals surface area contributed by atoms with Crippen molar-refractivity contribution in [2.24, 2.45) is 0 Å². The molecule has 10 nitrogen and oxygen atoms in total. The van der Waals surface area contributed by atoms with Crippen molar-refractivity contribution < 1.29 is 24.6 Å². The molecule has 3 aromatic rings. The lowest BCUT2D eigenvalue weighted by molar-refractivity contribution is -0.134. The Bertz CT molecular complexity index is 1310. The Morgan fingerprint density at radius 3 is 2.16 bits per heavy atom. The van der Waals surface area contributed by atoms with E-state index in [1.807, 2.05) is 36.4 Å². The number of carboxylic acids is 2. The zero-order valence-corrected chi connectivity index (χ0v) is 20.5. The summed E-state index contributed by atoms with van der Waals surface area (Å²) in [6.07, 6.45) is 10.2. The van der Waals surface area contributed by atoms with E-state index in [0.29, 0.717) is 35.8 Å². The zero-order valence-electron chi connectivity index (χ0n) is 20.5. The van der Waals surface area contributed by atoms with Crippen molar-refractivity contribution in [1.29, 1.82) is 5.26 Å². The predicted molar refractivity (Wildman–Crippen MR) is 140 cm³/mol. The van der Waals surface area contributed by atoms with Gasteiger partial charge >= 0.3 is 11.9 Å². The molecule has 2 aromatic heterocycles. The lowest BCUT2D eigenvalue weighted by atomic mass is 9.80. The van der Waals surface area contributed by atoms with Crippen LogP contribution in [0.2, 0.25) is 0 Å². The summed E-state index contributed by atoms with van der Waals surface area (Å²) in [5, 5.41) is 31.4. The van der Waals surface area contributed by atoms with Crippen LogP contribution in [0.4, 0.5) is 11.5 Å². The molecule has 1 aromatic carbocycles. The van der Waals surface area contributed by atoms with Gasteiger partial charge in [-0.3, -0.25) is 9.78 Å². The molecule has 38 heavy (non-hydrogen) atoms. The number of benzene rings is 1. The van der Waals surface area contributed by atoms with Gasteiger partial charge in [-0.25, -0.2) is 14.6 Å². The Hall–Kier alpha value is -5.04. The maximum absolute atomic E-state index is 12.9. The number of carbonyl (C=O) groups is 3. The van der Waals surface area contributed by atoms with E-state index in [9.17, 15) is 19.6 Å². The second-order valence-corrected chi connectivity index (χ2v) is 8.55. The van der Waals surface area contributed by atoms with E-state index in [4.69, 9.17) is 10.2 Å². The fraction of sp³-hybridized carbons (Fsp3) is 0.214. The van der Waals surface area contributed by atoms with E-state index >= 15 is 0 Å². The first-order valence-corrected chi connectivity index (χ1v) is 11.9. The van der Waals surface area contributed by atoms with Crippen LogP contribution in [-0.4, -0.2) is 38.0 Å². The minimum Gasteiger partial charge on any atom is -0.478 e. The van der Waals surface area contributed by atoms with Crippen molar-refractivity contribution in [1.82, 2.24) is 9.97 Å². The number of amides is 1. The maximum Gasteiger partial charge on any atom is 0.328 e. The Morgan fingerprint density at radius 2 is 1.58 bits per heavy atom. The number of aromatic nitrogens is 2. The first kappa shape index (κ1) is 27.5. The molecule has 0 saturated heterocycles. The second-order valence-electron chi connectivity index (χ2n) is 8.55. The van der Waals surface area contributed by atoms with Crippen LogP contribution in [0.25, 0.3) is 0 Å². The smallest absolute Gasteiger partial charge is 0.328 e. The molecule has 0 atom stereocenters. The van der Waals surface area contributed by atoms with Crippen LogP contribution in [0.3, 0.4) is 0 Å². The SMILES string of the molecule is N#CC1(c2ccc(NC(=O)c3cccnc3NCc3ccncc3)cc2)CCCC1.O=C(O)/C=C/C(=O)O. The normalized spacial score (nSPS) is 13.6. The van der Waals surface area contributed by atoms with Crippen molar-refractivity contribution in [2.45, 2.75) is 37.6 Å². The number of anilines is 2. The van der Waals surface area contributed by atoms with Gasteiger partial charge in [0.2, 0.25) is 0 Å². The number of nitrogens with zero attached hydrogens (tertiary/aromatic N) is 3. The van der Waals surface area contributed by atoms with Gasteiger partial charge in [0.25, 0.3) is 5.91 Å². The number of carbonyl (C=O) groups excluding carboxylic acids is 1. The summed E-state index contributed by atoms with van der Waals surface area (Å²) in [6, 6.07) is 17.5. The highest BCUT2D eigenvalue weighted by atomic mass is 16.4. The van der Waals surface area contributed by atoms with Crippen molar-refractivity contribution in [3.63, 3.8) is 0 Å². The summed E-state index contributed by atoms with van der Waals surface area (Å²) < 4.78 is 0. The molecule has 1 saturated carbocycles. The molecular weight excluding hydrogens is 486 g/mol. The first-order valence-electron chi connectivity index (χ1n) is 11.9. The zero-order chi connectivity index (χ0) is 27.4. The van der Waals surface area contributed by atoms with Crippen LogP contribution in [0.15, 0.2) is 79.3 Å². The maximum atomic E-state index is 12.9. The number of nitrogens with one attached hydrogen (secondary N) is 2. The third-order valence-electron chi connectivity index (χ3n) is 6.00. The Kier molecular flexibility index (Phi) is 9.65. The molecule has 0 radical (unpaired) electrons. The number of nitriles is 1. The molecule has 4 N–H and O–H groups in total. The van der Waals surface area contributed by atoms with Gasteiger partial charge < -0.3 is 20.8 Å². The van der Waals surface area contributed by atoms with Crippen LogP contribution < -0.4 is 10.6 Å². The molecule has 2 heterocycles. The molecule has 194 valence electrons. The highest BCUT2D eigenvalue weighted by molar-refractivity contribution is 6.07. The van der Waals surface area contributed by atoms with Crippen LogP contribution in [-0.2, 0) is 21.5 Å². The van der Waals surface area contributed by atoms with Crippen molar-refractivity contribution in [3.8, 4) is 6.07 Å². The minimum absolute atomic E-state index is 0.232. The summed E-state index contributed by atoms with van der Waals surface area (Å²) in [7, 11) is 0. The molecule has 10 heteroatoms. The number of aliphatic carboxylic acids is 2. The number of carboxylic acid groups (broad SMARTS) is 2. The Balaban J connectivity index is 0.000000436. The van der Waals surface area contributed by atoms with E-state index in [-0.39, 0.29) is 11.3 Å². The minimum atomic E-state index is -1.26. The highest BCUT2D eigenvalue weighted by Gasteiger charge is 2.35. The largest absolute Gasteiger partial charge is 0.478 e. The molecular formula is C28H27N5O5. The van der Waals surface area contributed by atoms with Gasteiger partial charge in [-0.1, -0.05) is 25.0 Å². The van der Waals surface area contributed by atoms with Crippen LogP contribution >= 0.6 is 0 Å². The standard InChI is InChI=1S/C24H23N5O.C4H4O4/c25-17-24(11-1-2-12-24)19-5-7-20(8-6-19)29-23(30)21-4-3-13-27-22(21)28-16-18-9-14-26-15-10-18;5-3(6)1-2-4(7)8/h3-10,13-15H,1-2,11-12,16H2,(H,27,28)(H,29,30);1-2H,(H,5,6)(H,7,8)/b;2-1+. The van der Waals surface area contributed by atoms with Gasteiger partial charge in [0.1, 0.15) is 5.82 Å². The molecule has 0 spiro atoms. The van der Waals surface area contributed by atoms with Gasteiger partial charge in [-0.2, -0.15) is 5.26 Å². The summed E-state index contributed by atoms with van der Waals surface area (Å²) in [6.45, 7) is 0.546. The van der Waals surface area contributed by atoms with Crippen molar-refractivity contribution >= 4 is 29.4 Å². The predicted octanol–water partition coefficient (Wildman–Crippen LogP) is 4.39. The summed E-state index contributed by atoms with van der Waals surface area (Å²) in [5.41, 5.74) is 2.87. The molecule has 1 fully saturated rings. The fourth-order valence-corrected chi connectivity index (χ4v) is 4.07. The van der Waals surface area contributed by atoms with E-state index in [1.165, 1.54) is 0 Å². The highest BCUT2D eigenvalue weighted by Crippen LogP contribution is 2.40. The number of rotatable bonds is 8. The lowest BCUT2D eigenvalue weighted by Gasteiger charge is -2.21. The van der Waals surface area contributed by atoms with E-state index in [2.05, 4.69) is 26.7 Å². The molecule has 1 amide bonds. The van der Waals surface area contributed by atoms with Crippen LogP contribution in [0.5, 0.6) is 0 Å². The molecule has 1 aliphatic rings. The van der Waals surface area contributed by atoms with Crippen LogP contribution in [0.1, 0.15) is 47.2 Å². The summed E-state index contributed by atoms with van der Waals surface area (Å²) in [5.74, 6) is -2.22. The van der Waals surface area contributed by atoms with E-state index in [0.717, 1.165) is 36.8 Å². The van der Waals surface area contributed by atoms with Crippen molar-refractivity contribution in [3.05, 3.63) is 96.0 Å². The average Bonchev–Trinajstić information content (AvgIpc) is 3.43. The quantitative estimate of drug-likeness (QED) is 0.320. The van der Waals surface area contributed by atoms with E-state index < -0.39 is 11.9 Å². The lowest BCUT2D eigenvalue weighted by Crippen LogP contribution is -2.19. The fourth-order valence-electron chi connectivity index (χ4n) is 4.07. The molecule has 1 aliphatic carbocycles. The number of pyridine rings is 2. The van der Waals surface area contributed by atoms with Crippen molar-refractivity contribution in [2.75, 3.05) is 10.6 Å². The average molecular weight is 514 g/mol. The van der Waals surface area contributed by atoms with Gasteiger partial charge in [0, 0.05) is 43.0 Å². The summed E-state index contributed by atoms with van der Waals surface area (Å²) in [4.78, 5) is 40.3. The Morgan fingerprint density at radius 1 is 0.947 bits per heavy atom.